The summed E-state index contributed by atoms with van der Waals surface area (Å²) in [6.45, 7) is 3.36. The standard InChI is InChI=1S/C52H80N12O15/c1-4-29(2)43(51(77)60-37(11-6-8-22-54)46(72)59-36(10-5-7-21-53)47(73)63-41(28-66)52(78)79)64-50(76)40(27-65)62-49(75)39(25-32-15-19-34(68)20-16-32)61-48(74)38(24-31-13-17-33(67)18-14-31)58-42(69)26-56-44(70)30(3)57-45(71)35-12-9-23-55-35/h13-20,29-30,35-41,43,55,65-68H,4-12,21-28,53-54H2,1-3H3,(H,56,70)(H,57,71)(H,58,69)(H,59,72)(H,60,77)(H,61,74)(H,62,75)(H,63,73)(H,64,76)(H,78,79)/t29-,30-,35-,36-,37-,38-,39-,40-,41-,43-/m0/s1. The highest BCUT2D eigenvalue weighted by Crippen LogP contribution is 2.16. The van der Waals surface area contributed by atoms with Gasteiger partial charge in [-0.05, 0) is 119 Å². The molecule has 27 heteroatoms. The normalized spacial score (nSPS) is 16.4. The summed E-state index contributed by atoms with van der Waals surface area (Å²) >= 11 is 0. The van der Waals surface area contributed by atoms with E-state index in [4.69, 9.17) is 11.5 Å². The first kappa shape index (κ1) is 65.8. The van der Waals surface area contributed by atoms with Crippen LogP contribution in [0.2, 0.25) is 0 Å². The van der Waals surface area contributed by atoms with Crippen LogP contribution in [0.5, 0.6) is 11.5 Å². The Morgan fingerprint density at radius 1 is 0.570 bits per heavy atom. The highest BCUT2D eigenvalue weighted by Gasteiger charge is 2.36. The van der Waals surface area contributed by atoms with Gasteiger partial charge in [0.05, 0.1) is 25.8 Å². The topological polar surface area (TPSA) is 444 Å². The summed E-state index contributed by atoms with van der Waals surface area (Å²) in [5.41, 5.74) is 12.2. The van der Waals surface area contributed by atoms with Gasteiger partial charge in [0.1, 0.15) is 59.8 Å². The van der Waals surface area contributed by atoms with Crippen molar-refractivity contribution in [1.29, 1.82) is 0 Å². The third kappa shape index (κ3) is 22.8. The Morgan fingerprint density at radius 3 is 1.47 bits per heavy atom. The molecule has 2 aromatic carbocycles. The first-order valence-electron chi connectivity index (χ1n) is 26.5. The molecule has 1 aliphatic rings. The molecule has 2 aromatic rings. The number of phenolic OH excluding ortho intramolecular Hbond substituents is 2. The van der Waals surface area contributed by atoms with E-state index in [2.05, 4.69) is 53.2 Å². The number of phenols is 2. The Morgan fingerprint density at radius 2 is 1.01 bits per heavy atom. The predicted molar refractivity (Wildman–Crippen MR) is 286 cm³/mol. The molecule has 1 aliphatic heterocycles. The smallest absolute Gasteiger partial charge is 0.328 e. The number of aliphatic hydroxyl groups is 2. The van der Waals surface area contributed by atoms with Crippen LogP contribution in [0.15, 0.2) is 48.5 Å². The van der Waals surface area contributed by atoms with E-state index in [9.17, 15) is 73.5 Å². The van der Waals surface area contributed by atoms with E-state index in [1.165, 1.54) is 55.5 Å². The Kier molecular flexibility index (Phi) is 28.7. The Labute approximate surface area is 458 Å². The van der Waals surface area contributed by atoms with Crippen LogP contribution in [-0.4, -0.2) is 178 Å². The maximum atomic E-state index is 14.3. The van der Waals surface area contributed by atoms with Gasteiger partial charge in [0.15, 0.2) is 0 Å². The Bertz CT molecular complexity index is 2340. The highest BCUT2D eigenvalue weighted by molar-refractivity contribution is 5.98. The van der Waals surface area contributed by atoms with Crippen molar-refractivity contribution in [3.63, 3.8) is 0 Å². The number of unbranched alkanes of at least 4 members (excludes halogenated alkanes) is 2. The van der Waals surface area contributed by atoms with Crippen LogP contribution in [0.4, 0.5) is 0 Å². The van der Waals surface area contributed by atoms with Gasteiger partial charge in [-0.1, -0.05) is 44.5 Å². The number of nitrogens with two attached hydrogens (primary N) is 2. The molecule has 0 aliphatic carbocycles. The zero-order valence-corrected chi connectivity index (χ0v) is 44.9. The van der Waals surface area contributed by atoms with Gasteiger partial charge < -0.3 is 90.2 Å². The molecular weight excluding hydrogens is 1030 g/mol. The first-order chi connectivity index (χ1) is 37.6. The number of rotatable bonds is 35. The summed E-state index contributed by atoms with van der Waals surface area (Å²) in [4.78, 5) is 134. The number of aliphatic carboxylic acids is 1. The van der Waals surface area contributed by atoms with Crippen LogP contribution in [0.25, 0.3) is 0 Å². The molecule has 0 spiro atoms. The fourth-order valence-corrected chi connectivity index (χ4v) is 8.22. The van der Waals surface area contributed by atoms with Crippen molar-refractivity contribution in [2.45, 2.75) is 146 Å². The Balaban J connectivity index is 1.86. The van der Waals surface area contributed by atoms with E-state index in [1.807, 2.05) is 0 Å². The number of aliphatic hydroxyl groups excluding tert-OH is 2. The molecule has 0 radical (unpaired) electrons. The van der Waals surface area contributed by atoms with E-state index in [0.29, 0.717) is 56.2 Å². The summed E-state index contributed by atoms with van der Waals surface area (Å²) < 4.78 is 0. The van der Waals surface area contributed by atoms with Crippen LogP contribution in [0.3, 0.4) is 0 Å². The van der Waals surface area contributed by atoms with Crippen LogP contribution >= 0.6 is 0 Å². The fourth-order valence-electron chi connectivity index (χ4n) is 8.22. The van der Waals surface area contributed by atoms with Crippen molar-refractivity contribution in [2.75, 3.05) is 39.4 Å². The molecule has 3 rings (SSSR count). The quantitative estimate of drug-likeness (QED) is 0.0293. The molecule has 0 bridgehead atoms. The number of hydrogen-bond donors (Lipinski definition) is 17. The lowest BCUT2D eigenvalue weighted by Gasteiger charge is -2.29. The second kappa shape index (κ2) is 34.4. The summed E-state index contributed by atoms with van der Waals surface area (Å²) in [5.74, 6) is -9.81. The number of carbonyl (C=O) groups is 10. The SMILES string of the molecule is CC[C@H](C)[C@H](NC(=O)[C@H](CO)NC(=O)[C@H](Cc1ccc(O)cc1)NC(=O)[C@H](Cc1ccc(O)cc1)NC(=O)CNC(=O)[C@H](C)NC(=O)[C@@H]1CCCN1)C(=O)N[C@@H](CCCCN)C(=O)N[C@@H](CCCCN)C(=O)N[C@@H](CO)C(=O)O. The maximum absolute atomic E-state index is 14.3. The van der Waals surface area contributed by atoms with Crippen molar-refractivity contribution in [2.24, 2.45) is 17.4 Å². The molecule has 1 heterocycles. The van der Waals surface area contributed by atoms with Crippen molar-refractivity contribution >= 4 is 59.1 Å². The van der Waals surface area contributed by atoms with Gasteiger partial charge in [-0.3, -0.25) is 43.2 Å². The van der Waals surface area contributed by atoms with Crippen molar-refractivity contribution in [1.82, 2.24) is 53.2 Å². The maximum Gasteiger partial charge on any atom is 0.328 e. The molecule has 438 valence electrons. The largest absolute Gasteiger partial charge is 0.508 e. The predicted octanol–water partition coefficient (Wildman–Crippen LogP) is -3.98. The van der Waals surface area contributed by atoms with E-state index in [0.717, 1.165) is 6.42 Å². The highest BCUT2D eigenvalue weighted by atomic mass is 16.4. The van der Waals surface area contributed by atoms with Crippen molar-refractivity contribution in [3.8, 4) is 11.5 Å². The molecule has 19 N–H and O–H groups in total. The lowest BCUT2D eigenvalue weighted by atomic mass is 9.96. The number of aromatic hydroxyl groups is 2. The second-order valence-corrected chi connectivity index (χ2v) is 19.4. The van der Waals surface area contributed by atoms with E-state index in [-0.39, 0.29) is 56.2 Å². The van der Waals surface area contributed by atoms with E-state index >= 15 is 0 Å². The summed E-state index contributed by atoms with van der Waals surface area (Å²) in [5, 5.41) is 74.9. The fraction of sp³-hybridized carbons (Fsp3) is 0.577. The lowest BCUT2D eigenvalue weighted by molar-refractivity contribution is -0.143. The van der Waals surface area contributed by atoms with Gasteiger partial charge in [-0.25, -0.2) is 4.79 Å². The monoisotopic (exact) mass is 1110 g/mol. The molecule has 0 saturated carbocycles. The average molecular weight is 1110 g/mol. The van der Waals surface area contributed by atoms with Gasteiger partial charge in [0.2, 0.25) is 53.2 Å². The van der Waals surface area contributed by atoms with Crippen LogP contribution in [0, 0.1) is 5.92 Å². The molecule has 0 aromatic heterocycles. The molecular formula is C52H80N12O15. The van der Waals surface area contributed by atoms with E-state index in [1.54, 1.807) is 13.8 Å². The molecule has 27 nitrogen and oxygen atoms in total. The summed E-state index contributed by atoms with van der Waals surface area (Å²) in [7, 11) is 0. The number of benzene rings is 2. The molecule has 1 fully saturated rings. The third-order valence-corrected chi connectivity index (χ3v) is 13.2. The van der Waals surface area contributed by atoms with E-state index < -0.39 is 133 Å². The van der Waals surface area contributed by atoms with Crippen molar-refractivity contribution < 1.29 is 73.5 Å². The van der Waals surface area contributed by atoms with Crippen molar-refractivity contribution in [3.05, 3.63) is 59.7 Å². The molecule has 0 unspecified atom stereocenters. The number of carboxylic acid groups (broad SMARTS) is 1. The third-order valence-electron chi connectivity index (χ3n) is 13.2. The number of nitrogens with one attached hydrogen (secondary N) is 10. The zero-order valence-electron chi connectivity index (χ0n) is 44.9. The molecule has 9 amide bonds. The summed E-state index contributed by atoms with van der Waals surface area (Å²) in [6.07, 6.45) is 2.82. The van der Waals surface area contributed by atoms with Gasteiger partial charge in [-0.15, -0.1) is 0 Å². The van der Waals surface area contributed by atoms with Gasteiger partial charge in [-0.2, -0.15) is 0 Å². The number of carbonyl (C=O) groups excluding carboxylic acids is 9. The van der Waals surface area contributed by atoms with Gasteiger partial charge in [0.25, 0.3) is 0 Å². The van der Waals surface area contributed by atoms with Crippen LogP contribution < -0.4 is 64.6 Å². The Hall–Kier alpha value is -7.46. The number of carboxylic acids is 1. The zero-order chi connectivity index (χ0) is 58.6. The summed E-state index contributed by atoms with van der Waals surface area (Å²) in [6, 6.07) is -0.611. The van der Waals surface area contributed by atoms with Crippen LogP contribution in [0.1, 0.15) is 89.7 Å². The molecule has 79 heavy (non-hydrogen) atoms. The number of amides is 9. The molecule has 1 saturated heterocycles. The van der Waals surface area contributed by atoms with Gasteiger partial charge >= 0.3 is 5.97 Å². The first-order valence-corrected chi connectivity index (χ1v) is 26.5. The minimum atomic E-state index is -1.76. The lowest BCUT2D eigenvalue weighted by Crippen LogP contribution is -2.62. The van der Waals surface area contributed by atoms with Crippen LogP contribution in [-0.2, 0) is 60.8 Å². The average Bonchev–Trinajstić information content (AvgIpc) is 3.98. The minimum absolute atomic E-state index is 0.0136. The second-order valence-electron chi connectivity index (χ2n) is 19.4. The molecule has 10 atom stereocenters. The minimum Gasteiger partial charge on any atom is -0.508 e. The van der Waals surface area contributed by atoms with Gasteiger partial charge in [0, 0.05) is 12.8 Å². The number of hydrogen-bond acceptors (Lipinski definition) is 17.